The molecule has 4 bridgehead atoms. The first-order valence-corrected chi connectivity index (χ1v) is 14.1. The van der Waals surface area contributed by atoms with Gasteiger partial charge in [0.1, 0.15) is 11.5 Å². The zero-order valence-electron chi connectivity index (χ0n) is 22.5. The Bertz CT molecular complexity index is 1210. The van der Waals surface area contributed by atoms with Crippen LogP contribution in [0.4, 0.5) is 0 Å². The van der Waals surface area contributed by atoms with Crippen LogP contribution in [-0.2, 0) is 15.0 Å². The van der Waals surface area contributed by atoms with Gasteiger partial charge in [0.05, 0.1) is 6.61 Å². The van der Waals surface area contributed by atoms with Crippen LogP contribution in [0.3, 0.4) is 0 Å². The lowest BCUT2D eigenvalue weighted by atomic mass is 9.48. The molecule has 0 aromatic heterocycles. The molecule has 0 saturated heterocycles. The number of phenolic OH excluding ortho intramolecular Hbond substituents is 1. The summed E-state index contributed by atoms with van der Waals surface area (Å²) >= 11 is 0. The van der Waals surface area contributed by atoms with Gasteiger partial charge in [-0.15, -0.1) is 0 Å². The van der Waals surface area contributed by atoms with Crippen molar-refractivity contribution in [1.29, 1.82) is 0 Å². The molecule has 38 heavy (non-hydrogen) atoms. The molecule has 6 rings (SSSR count). The lowest BCUT2D eigenvalue weighted by Crippen LogP contribution is -2.48. The molecule has 6 heteroatoms. The number of hydrogen-bond acceptors (Lipinski definition) is 4. The summed E-state index contributed by atoms with van der Waals surface area (Å²) in [5.41, 5.74) is 4.16. The molecular formula is C32H39NO5. The zero-order chi connectivity index (χ0) is 26.9. The quantitative estimate of drug-likeness (QED) is 0.254. The molecule has 0 unspecified atom stereocenters. The van der Waals surface area contributed by atoms with Crippen LogP contribution < -0.4 is 10.1 Å². The van der Waals surface area contributed by atoms with E-state index in [-0.39, 0.29) is 11.3 Å². The number of nitrogens with one attached hydrogen (secondary N) is 1. The Morgan fingerprint density at radius 1 is 1.05 bits per heavy atom. The van der Waals surface area contributed by atoms with Crippen molar-refractivity contribution in [3.05, 3.63) is 53.1 Å². The minimum absolute atomic E-state index is 0.0639. The van der Waals surface area contributed by atoms with Gasteiger partial charge in [-0.3, -0.25) is 4.79 Å². The Labute approximate surface area is 225 Å². The van der Waals surface area contributed by atoms with E-state index in [1.54, 1.807) is 6.08 Å². The molecule has 2 aromatic carbocycles. The maximum Gasteiger partial charge on any atom is 0.331 e. The number of carbonyl (C=O) groups excluding carboxylic acids is 1. The summed E-state index contributed by atoms with van der Waals surface area (Å²) in [5.74, 6) is 2.40. The molecule has 2 aromatic rings. The summed E-state index contributed by atoms with van der Waals surface area (Å²) in [5, 5.41) is 23.3. The van der Waals surface area contributed by atoms with Crippen LogP contribution in [0.25, 0.3) is 17.2 Å². The van der Waals surface area contributed by atoms with Crippen molar-refractivity contribution in [3.63, 3.8) is 0 Å². The highest BCUT2D eigenvalue weighted by atomic mass is 16.5. The van der Waals surface area contributed by atoms with Crippen LogP contribution in [0.15, 0.2) is 42.0 Å². The smallest absolute Gasteiger partial charge is 0.331 e. The Morgan fingerprint density at radius 3 is 2.34 bits per heavy atom. The predicted molar refractivity (Wildman–Crippen MR) is 148 cm³/mol. The van der Waals surface area contributed by atoms with Crippen molar-refractivity contribution in [1.82, 2.24) is 5.32 Å². The van der Waals surface area contributed by atoms with E-state index in [1.165, 1.54) is 45.4 Å². The van der Waals surface area contributed by atoms with Crippen LogP contribution in [0.2, 0.25) is 0 Å². The third kappa shape index (κ3) is 5.45. The molecular weight excluding hydrogens is 478 g/mol. The molecule has 0 atom stereocenters. The van der Waals surface area contributed by atoms with Crippen molar-refractivity contribution in [2.45, 2.75) is 70.6 Å². The third-order valence-electron chi connectivity index (χ3n) is 8.87. The summed E-state index contributed by atoms with van der Waals surface area (Å²) in [7, 11) is 0. The van der Waals surface area contributed by atoms with Gasteiger partial charge in [0.2, 0.25) is 5.91 Å². The molecule has 4 fully saturated rings. The van der Waals surface area contributed by atoms with Crippen molar-refractivity contribution in [2.24, 2.45) is 17.8 Å². The van der Waals surface area contributed by atoms with Gasteiger partial charge < -0.3 is 20.3 Å². The first kappa shape index (κ1) is 26.3. The molecule has 6 nitrogen and oxygen atoms in total. The van der Waals surface area contributed by atoms with Gasteiger partial charge in [0.15, 0.2) is 0 Å². The van der Waals surface area contributed by atoms with Gasteiger partial charge in [0.25, 0.3) is 0 Å². The Balaban J connectivity index is 1.48. The summed E-state index contributed by atoms with van der Waals surface area (Å²) in [6, 6.07) is 11.8. The Kier molecular flexibility index (Phi) is 7.51. The van der Waals surface area contributed by atoms with E-state index in [0.29, 0.717) is 43.1 Å². The first-order valence-electron chi connectivity index (χ1n) is 14.1. The number of carboxylic acids is 1. The lowest BCUT2D eigenvalue weighted by molar-refractivity contribution is -0.132. The number of aliphatic carboxylic acids is 1. The van der Waals surface area contributed by atoms with Gasteiger partial charge >= 0.3 is 5.97 Å². The third-order valence-corrected chi connectivity index (χ3v) is 8.87. The summed E-state index contributed by atoms with van der Waals surface area (Å²) in [4.78, 5) is 22.8. The number of aromatic hydroxyl groups is 1. The fraction of sp³-hybridized carbons (Fsp3) is 0.500. The van der Waals surface area contributed by atoms with E-state index in [2.05, 4.69) is 11.4 Å². The van der Waals surface area contributed by atoms with Gasteiger partial charge in [-0.25, -0.2) is 4.79 Å². The minimum atomic E-state index is -0.923. The topological polar surface area (TPSA) is 95.9 Å². The minimum Gasteiger partial charge on any atom is -0.508 e. The maximum atomic E-state index is 11.6. The van der Waals surface area contributed by atoms with Gasteiger partial charge in [-0.2, -0.15) is 0 Å². The summed E-state index contributed by atoms with van der Waals surface area (Å²) in [6.07, 6.45) is 10.3. The molecule has 1 amide bonds. The molecule has 202 valence electrons. The molecule has 0 aliphatic heterocycles. The Morgan fingerprint density at radius 2 is 1.74 bits per heavy atom. The average molecular weight is 518 g/mol. The lowest BCUT2D eigenvalue weighted by Gasteiger charge is -2.57. The number of phenols is 1. The highest BCUT2D eigenvalue weighted by Gasteiger charge is 2.52. The summed E-state index contributed by atoms with van der Waals surface area (Å²) in [6.45, 7) is 4.27. The Hall–Kier alpha value is -3.28. The molecule has 0 radical (unpaired) electrons. The van der Waals surface area contributed by atoms with E-state index in [9.17, 15) is 19.8 Å². The van der Waals surface area contributed by atoms with Crippen molar-refractivity contribution in [2.75, 3.05) is 13.2 Å². The maximum absolute atomic E-state index is 11.6. The van der Waals surface area contributed by atoms with E-state index in [1.807, 2.05) is 37.3 Å². The standard InChI is InChI=1S/C32H39NO5/c1-3-25(31(36)37)14-21-5-7-27(30(15-21)38-10-4-9-33-20(2)34)26-6-8-29(35)28(16-26)32-17-22-11-23(18-32)13-24(12-22)19-32/h5-8,14-16,22-24,35H,3-4,9-13,17-19H2,1-2H3,(H,33,34)(H,36,37). The molecule has 0 spiro atoms. The van der Waals surface area contributed by atoms with E-state index in [4.69, 9.17) is 4.74 Å². The first-order chi connectivity index (χ1) is 18.3. The number of ether oxygens (including phenoxy) is 1. The fourth-order valence-electron chi connectivity index (χ4n) is 7.59. The second kappa shape index (κ2) is 10.8. The number of carboxylic acid groups (broad SMARTS) is 1. The number of amides is 1. The molecule has 0 heterocycles. The number of carbonyl (C=O) groups is 2. The molecule has 3 N–H and O–H groups in total. The van der Waals surface area contributed by atoms with Crippen LogP contribution >= 0.6 is 0 Å². The second-order valence-electron chi connectivity index (χ2n) is 11.7. The average Bonchev–Trinajstić information content (AvgIpc) is 2.86. The van der Waals surface area contributed by atoms with E-state index >= 15 is 0 Å². The molecule has 4 aliphatic rings. The number of hydrogen-bond donors (Lipinski definition) is 3. The predicted octanol–water partition coefficient (Wildman–Crippen LogP) is 6.31. The van der Waals surface area contributed by atoms with Gasteiger partial charge in [0, 0.05) is 30.2 Å². The van der Waals surface area contributed by atoms with Gasteiger partial charge in [-0.1, -0.05) is 25.1 Å². The van der Waals surface area contributed by atoms with Crippen LogP contribution in [0.1, 0.15) is 76.3 Å². The highest BCUT2D eigenvalue weighted by molar-refractivity contribution is 5.92. The highest BCUT2D eigenvalue weighted by Crippen LogP contribution is 2.62. The van der Waals surface area contributed by atoms with Gasteiger partial charge in [-0.05, 0) is 110 Å². The van der Waals surface area contributed by atoms with Crippen molar-refractivity contribution < 1.29 is 24.5 Å². The number of rotatable bonds is 10. The monoisotopic (exact) mass is 517 g/mol. The van der Waals surface area contributed by atoms with Crippen LogP contribution in [0, 0.1) is 17.8 Å². The second-order valence-corrected chi connectivity index (χ2v) is 11.7. The zero-order valence-corrected chi connectivity index (χ0v) is 22.5. The molecule has 4 saturated carbocycles. The van der Waals surface area contributed by atoms with Crippen molar-refractivity contribution >= 4 is 18.0 Å². The summed E-state index contributed by atoms with van der Waals surface area (Å²) < 4.78 is 6.22. The largest absolute Gasteiger partial charge is 0.508 e. The normalized spacial score (nSPS) is 25.8. The van der Waals surface area contributed by atoms with Crippen LogP contribution in [0.5, 0.6) is 11.5 Å². The van der Waals surface area contributed by atoms with E-state index < -0.39 is 5.97 Å². The van der Waals surface area contributed by atoms with Crippen LogP contribution in [-0.4, -0.2) is 35.2 Å². The number of benzene rings is 2. The fourth-order valence-corrected chi connectivity index (χ4v) is 7.59. The van der Waals surface area contributed by atoms with Crippen molar-refractivity contribution in [3.8, 4) is 22.6 Å². The van der Waals surface area contributed by atoms with E-state index in [0.717, 1.165) is 40.0 Å². The molecule has 4 aliphatic carbocycles. The SMILES string of the molecule is CCC(=Cc1ccc(-c2ccc(O)c(C34CC5CC(CC(C5)C3)C4)c2)c(OCCCNC(C)=O)c1)C(=O)O.